The first-order valence-electron chi connectivity index (χ1n) is 8.13. The van der Waals surface area contributed by atoms with Crippen LogP contribution in [-0.4, -0.2) is 28.2 Å². The Morgan fingerprint density at radius 3 is 2.56 bits per heavy atom. The Hall–Kier alpha value is -3.39. The summed E-state index contributed by atoms with van der Waals surface area (Å²) in [6.45, 7) is 3.94. The zero-order valence-corrected chi connectivity index (χ0v) is 15.6. The lowest BCUT2D eigenvalue weighted by atomic mass is 10.1. The maximum absolute atomic E-state index is 12.0. The van der Waals surface area contributed by atoms with Crippen molar-refractivity contribution >= 4 is 34.5 Å². The molecule has 2 N–H and O–H groups in total. The molecule has 0 saturated heterocycles. The monoisotopic (exact) mass is 379 g/mol. The summed E-state index contributed by atoms with van der Waals surface area (Å²) in [6, 6.07) is 15.3. The van der Waals surface area contributed by atoms with E-state index in [4.69, 9.17) is 0 Å². The molecule has 0 radical (unpaired) electrons. The number of anilines is 1. The maximum atomic E-state index is 12.0. The molecule has 136 valence electrons. The summed E-state index contributed by atoms with van der Waals surface area (Å²) in [4.78, 5) is 23.8. The van der Waals surface area contributed by atoms with Gasteiger partial charge in [0.05, 0.1) is 6.21 Å². The number of amides is 2. The van der Waals surface area contributed by atoms with Crippen LogP contribution in [0.3, 0.4) is 0 Å². The second-order valence-electron chi connectivity index (χ2n) is 5.79. The van der Waals surface area contributed by atoms with Crippen LogP contribution < -0.4 is 10.7 Å². The summed E-state index contributed by atoms with van der Waals surface area (Å²) < 4.78 is 0. The Balaban J connectivity index is 1.57. The van der Waals surface area contributed by atoms with E-state index in [2.05, 4.69) is 26.0 Å². The molecular weight excluding hydrogens is 362 g/mol. The average Bonchev–Trinajstić information content (AvgIpc) is 3.12. The van der Waals surface area contributed by atoms with Crippen LogP contribution in [0.2, 0.25) is 0 Å². The van der Waals surface area contributed by atoms with Crippen molar-refractivity contribution in [2.45, 2.75) is 13.8 Å². The highest BCUT2D eigenvalue weighted by Gasteiger charge is 2.16. The quantitative estimate of drug-likeness (QED) is 0.414. The normalized spacial score (nSPS) is 10.7. The van der Waals surface area contributed by atoms with Gasteiger partial charge in [-0.1, -0.05) is 65.4 Å². The molecule has 1 heterocycles. The molecule has 2 amide bonds. The second-order valence-corrected chi connectivity index (χ2v) is 6.77. The molecule has 0 unspecified atom stereocenters. The van der Waals surface area contributed by atoms with Gasteiger partial charge in [0.25, 0.3) is 0 Å². The van der Waals surface area contributed by atoms with Crippen molar-refractivity contribution in [3.05, 3.63) is 65.2 Å². The highest BCUT2D eigenvalue weighted by atomic mass is 32.1. The van der Waals surface area contributed by atoms with Crippen molar-refractivity contribution in [2.24, 2.45) is 5.10 Å². The predicted molar refractivity (Wildman–Crippen MR) is 106 cm³/mol. The molecule has 3 aromatic rings. The number of hydrogen-bond acceptors (Lipinski definition) is 6. The predicted octanol–water partition coefficient (Wildman–Crippen LogP) is 2.91. The molecule has 0 fully saturated rings. The molecule has 0 bridgehead atoms. The molecule has 0 aliphatic heterocycles. The SMILES string of the molecule is Cc1ccc(/C=N\NC(=O)C(=O)Nc2nnc(-c3ccccc3)s2)c(C)c1. The number of carbonyl (C=O) groups excluding carboxylic acids is 2. The summed E-state index contributed by atoms with van der Waals surface area (Å²) in [5.41, 5.74) is 6.12. The third-order valence-electron chi connectivity index (χ3n) is 3.67. The third-order valence-corrected chi connectivity index (χ3v) is 4.56. The van der Waals surface area contributed by atoms with Gasteiger partial charge in [-0.15, -0.1) is 10.2 Å². The summed E-state index contributed by atoms with van der Waals surface area (Å²) in [7, 11) is 0. The number of hydrogen-bond donors (Lipinski definition) is 2. The number of aryl methyl sites for hydroxylation is 2. The van der Waals surface area contributed by atoms with Crippen LogP contribution in [0, 0.1) is 13.8 Å². The molecule has 7 nitrogen and oxygen atoms in total. The Bertz CT molecular complexity index is 998. The summed E-state index contributed by atoms with van der Waals surface area (Å²) in [5, 5.41) is 15.0. The first-order chi connectivity index (χ1) is 13.0. The Morgan fingerprint density at radius 2 is 1.81 bits per heavy atom. The van der Waals surface area contributed by atoms with Crippen LogP contribution >= 0.6 is 11.3 Å². The molecule has 0 aliphatic rings. The highest BCUT2D eigenvalue weighted by molar-refractivity contribution is 7.18. The van der Waals surface area contributed by atoms with Gasteiger partial charge in [-0.05, 0) is 25.0 Å². The van der Waals surface area contributed by atoms with Crippen LogP contribution in [0.4, 0.5) is 5.13 Å². The number of carbonyl (C=O) groups is 2. The Morgan fingerprint density at radius 1 is 1.04 bits per heavy atom. The molecule has 27 heavy (non-hydrogen) atoms. The van der Waals surface area contributed by atoms with Gasteiger partial charge in [0, 0.05) is 5.56 Å². The van der Waals surface area contributed by atoms with Crippen molar-refractivity contribution in [1.29, 1.82) is 0 Å². The van der Waals surface area contributed by atoms with Gasteiger partial charge in [0.15, 0.2) is 0 Å². The van der Waals surface area contributed by atoms with E-state index in [1.165, 1.54) is 17.6 Å². The molecule has 1 aromatic heterocycles. The lowest BCUT2D eigenvalue weighted by Gasteiger charge is -2.02. The zero-order valence-electron chi connectivity index (χ0n) is 14.8. The largest absolute Gasteiger partial charge is 0.329 e. The third kappa shape index (κ3) is 4.83. The van der Waals surface area contributed by atoms with E-state index in [0.717, 1.165) is 22.3 Å². The highest BCUT2D eigenvalue weighted by Crippen LogP contribution is 2.25. The molecule has 3 rings (SSSR count). The molecule has 0 saturated carbocycles. The Kier molecular flexibility index (Phi) is 5.68. The van der Waals surface area contributed by atoms with Gasteiger partial charge in [0.1, 0.15) is 5.01 Å². The van der Waals surface area contributed by atoms with Crippen LogP contribution in [-0.2, 0) is 9.59 Å². The average molecular weight is 379 g/mol. The minimum absolute atomic E-state index is 0.243. The van der Waals surface area contributed by atoms with Gasteiger partial charge in [0.2, 0.25) is 5.13 Å². The van der Waals surface area contributed by atoms with Crippen molar-refractivity contribution in [3.63, 3.8) is 0 Å². The second kappa shape index (κ2) is 8.33. The first kappa shape index (κ1) is 18.4. The van der Waals surface area contributed by atoms with E-state index in [1.807, 2.05) is 62.4 Å². The molecule has 0 spiro atoms. The molecular formula is C19H17N5O2S. The minimum Gasteiger partial charge on any atom is -0.292 e. The van der Waals surface area contributed by atoms with Gasteiger partial charge < -0.3 is 0 Å². The van der Waals surface area contributed by atoms with Gasteiger partial charge in [-0.3, -0.25) is 14.9 Å². The number of aromatic nitrogens is 2. The van der Waals surface area contributed by atoms with Crippen LogP contribution in [0.25, 0.3) is 10.6 Å². The fraction of sp³-hybridized carbons (Fsp3) is 0.105. The fourth-order valence-corrected chi connectivity index (χ4v) is 3.05. The number of rotatable bonds is 4. The smallest absolute Gasteiger partial charge is 0.292 e. The maximum Gasteiger partial charge on any atom is 0.329 e. The molecule has 0 aliphatic carbocycles. The molecule has 2 aromatic carbocycles. The summed E-state index contributed by atoms with van der Waals surface area (Å²) in [6.07, 6.45) is 1.50. The summed E-state index contributed by atoms with van der Waals surface area (Å²) in [5.74, 6) is -1.74. The lowest BCUT2D eigenvalue weighted by molar-refractivity contribution is -0.136. The standard InChI is InChI=1S/C19H17N5O2S/c1-12-8-9-15(13(2)10-12)11-20-22-17(26)16(25)21-19-24-23-18(27-19)14-6-4-3-5-7-14/h3-11H,1-2H3,(H,22,26)(H,21,24,25)/b20-11-. The van der Waals surface area contributed by atoms with E-state index in [-0.39, 0.29) is 5.13 Å². The van der Waals surface area contributed by atoms with Crippen molar-refractivity contribution in [1.82, 2.24) is 15.6 Å². The van der Waals surface area contributed by atoms with E-state index in [0.29, 0.717) is 5.01 Å². The van der Waals surface area contributed by atoms with Crippen LogP contribution in [0.1, 0.15) is 16.7 Å². The van der Waals surface area contributed by atoms with Gasteiger partial charge in [-0.2, -0.15) is 5.10 Å². The fourth-order valence-electron chi connectivity index (χ4n) is 2.31. The van der Waals surface area contributed by atoms with E-state index < -0.39 is 11.8 Å². The summed E-state index contributed by atoms with van der Waals surface area (Å²) >= 11 is 1.18. The number of hydrazone groups is 1. The van der Waals surface area contributed by atoms with Crippen molar-refractivity contribution < 1.29 is 9.59 Å². The number of nitrogens with one attached hydrogen (secondary N) is 2. The van der Waals surface area contributed by atoms with E-state index in [1.54, 1.807) is 0 Å². The molecule has 8 heteroatoms. The lowest BCUT2D eigenvalue weighted by Crippen LogP contribution is -2.32. The zero-order chi connectivity index (χ0) is 19.2. The number of benzene rings is 2. The minimum atomic E-state index is -0.882. The van der Waals surface area contributed by atoms with Crippen LogP contribution in [0.5, 0.6) is 0 Å². The van der Waals surface area contributed by atoms with E-state index in [9.17, 15) is 9.59 Å². The van der Waals surface area contributed by atoms with Crippen molar-refractivity contribution in [2.75, 3.05) is 5.32 Å². The first-order valence-corrected chi connectivity index (χ1v) is 8.95. The topological polar surface area (TPSA) is 96.3 Å². The van der Waals surface area contributed by atoms with Gasteiger partial charge in [-0.25, -0.2) is 5.43 Å². The van der Waals surface area contributed by atoms with Crippen molar-refractivity contribution in [3.8, 4) is 10.6 Å². The van der Waals surface area contributed by atoms with Gasteiger partial charge >= 0.3 is 11.8 Å². The van der Waals surface area contributed by atoms with E-state index >= 15 is 0 Å². The number of nitrogens with zero attached hydrogens (tertiary/aromatic N) is 3. The molecule has 0 atom stereocenters. The Labute approximate surface area is 160 Å². The van der Waals surface area contributed by atoms with Crippen LogP contribution in [0.15, 0.2) is 53.6 Å².